The molecule has 6 aromatic rings. The van der Waals surface area contributed by atoms with E-state index in [0.717, 1.165) is 26.6 Å². The van der Waals surface area contributed by atoms with Gasteiger partial charge >= 0.3 is 12.2 Å². The van der Waals surface area contributed by atoms with Gasteiger partial charge in [-0.15, -0.1) is 11.3 Å². The molecule has 44 heavy (non-hydrogen) atoms. The maximum atomic E-state index is 14.7. The van der Waals surface area contributed by atoms with Crippen molar-refractivity contribution < 1.29 is 22.7 Å². The van der Waals surface area contributed by atoms with Gasteiger partial charge in [0, 0.05) is 57.6 Å². The van der Waals surface area contributed by atoms with Crippen molar-refractivity contribution in [3.05, 3.63) is 70.8 Å². The summed E-state index contributed by atoms with van der Waals surface area (Å²) in [6.07, 6.45) is -4.75. The number of pyridine rings is 1. The number of nitrogens with zero attached hydrogens (tertiary/aromatic N) is 2. The van der Waals surface area contributed by atoms with E-state index in [1.165, 1.54) is 0 Å². The molecule has 0 saturated heterocycles. The molecule has 6 rings (SSSR count). The number of thiazole rings is 1. The molecule has 0 aliphatic rings. The fourth-order valence-electron chi connectivity index (χ4n) is 5.08. The van der Waals surface area contributed by atoms with Gasteiger partial charge in [0.15, 0.2) is 5.69 Å². The van der Waals surface area contributed by atoms with Crippen LogP contribution in [0.2, 0.25) is 0 Å². The molecule has 3 aromatic carbocycles. The predicted octanol–water partition coefficient (Wildman–Crippen LogP) is 8.64. The van der Waals surface area contributed by atoms with Crippen molar-refractivity contribution in [2.24, 2.45) is 0 Å². The number of hydrogen-bond donors (Lipinski definition) is 4. The summed E-state index contributed by atoms with van der Waals surface area (Å²) in [7, 11) is 1.56. The molecular weight excluding hydrogens is 657 g/mol. The number of carbonyl (C=O) groups is 1. The van der Waals surface area contributed by atoms with Crippen molar-refractivity contribution in [3.63, 3.8) is 0 Å². The monoisotopic (exact) mass is 682 g/mol. The van der Waals surface area contributed by atoms with Crippen molar-refractivity contribution in [3.8, 4) is 21.1 Å². The minimum absolute atomic E-state index is 0.0687. The van der Waals surface area contributed by atoms with Gasteiger partial charge in [0.2, 0.25) is 0 Å². The lowest BCUT2D eigenvalue weighted by molar-refractivity contribution is -0.140. The number of halogens is 4. The molecule has 0 unspecified atom stereocenters. The normalized spacial score (nSPS) is 11.9. The molecule has 2 amide bonds. The van der Waals surface area contributed by atoms with Gasteiger partial charge in [-0.25, -0.2) is 14.8 Å². The fourth-order valence-corrected chi connectivity index (χ4v) is 6.66. The number of methoxy groups -OCH3 is 1. The smallest absolute Gasteiger partial charge is 0.383 e. The first kappa shape index (κ1) is 29.9. The average molecular weight is 684 g/mol. The molecule has 4 N–H and O–H groups in total. The molecule has 0 saturated carbocycles. The van der Waals surface area contributed by atoms with Gasteiger partial charge in [-0.2, -0.15) is 13.2 Å². The zero-order chi connectivity index (χ0) is 31.0. The van der Waals surface area contributed by atoms with Crippen molar-refractivity contribution >= 4 is 77.4 Å². The second-order valence-corrected chi connectivity index (χ2v) is 11.8. The number of H-pyrrole nitrogens is 1. The maximum Gasteiger partial charge on any atom is 0.434 e. The van der Waals surface area contributed by atoms with Gasteiger partial charge in [-0.05, 0) is 53.2 Å². The molecule has 0 radical (unpaired) electrons. The molecule has 0 aliphatic heterocycles. The molecule has 8 nitrogen and oxygen atoms in total. The van der Waals surface area contributed by atoms with Crippen LogP contribution in [0.15, 0.2) is 65.1 Å². The Balaban J connectivity index is 1.60. The number of carbonyl (C=O) groups excluding carboxylic acids is 1. The number of alkyl halides is 3. The molecule has 13 heteroatoms. The van der Waals surface area contributed by atoms with Gasteiger partial charge in [0.1, 0.15) is 5.01 Å². The van der Waals surface area contributed by atoms with E-state index in [0.29, 0.717) is 58.6 Å². The third-order valence-corrected chi connectivity index (χ3v) is 8.70. The third kappa shape index (κ3) is 5.70. The summed E-state index contributed by atoms with van der Waals surface area (Å²) in [5.74, 6) is 0. The Bertz CT molecular complexity index is 2020. The van der Waals surface area contributed by atoms with E-state index in [1.54, 1.807) is 26.2 Å². The average Bonchev–Trinajstić information content (AvgIpc) is 3.59. The number of benzene rings is 3. The van der Waals surface area contributed by atoms with E-state index in [1.807, 2.05) is 48.5 Å². The highest BCUT2D eigenvalue weighted by Crippen LogP contribution is 2.48. The van der Waals surface area contributed by atoms with Gasteiger partial charge in [0.25, 0.3) is 0 Å². The van der Waals surface area contributed by atoms with E-state index < -0.39 is 17.9 Å². The number of urea groups is 1. The molecule has 3 heterocycles. The predicted molar refractivity (Wildman–Crippen MR) is 173 cm³/mol. The third-order valence-electron chi connectivity index (χ3n) is 6.95. The molecule has 226 valence electrons. The number of amides is 2. The number of ether oxygens (including phenoxy) is 1. The SMILES string of the molecule is CCNC(=O)Nc1cc(-c2nc(C(F)(F)F)c(-c3[nH]c4ccccc4c3NCCOC)s2)c2nc3c(Br)cccc3cc2c1. The summed E-state index contributed by atoms with van der Waals surface area (Å²) in [5, 5.41) is 11.0. The van der Waals surface area contributed by atoms with Crippen molar-refractivity contribution in [2.45, 2.75) is 13.1 Å². The van der Waals surface area contributed by atoms with E-state index in [4.69, 9.17) is 9.72 Å². The highest BCUT2D eigenvalue weighted by Gasteiger charge is 2.39. The van der Waals surface area contributed by atoms with Gasteiger partial charge < -0.3 is 25.7 Å². The Labute approximate surface area is 262 Å². The highest BCUT2D eigenvalue weighted by molar-refractivity contribution is 9.10. The summed E-state index contributed by atoms with van der Waals surface area (Å²) in [6, 6.07) is 17.7. The second kappa shape index (κ2) is 12.1. The molecule has 3 aromatic heterocycles. The number of nitrogens with one attached hydrogen (secondary N) is 4. The van der Waals surface area contributed by atoms with E-state index in [2.05, 4.69) is 41.8 Å². The Hall–Kier alpha value is -4.20. The van der Waals surface area contributed by atoms with Crippen LogP contribution >= 0.6 is 27.3 Å². The number of fused-ring (bicyclic) bond motifs is 3. The number of aromatic nitrogens is 3. The summed E-state index contributed by atoms with van der Waals surface area (Å²) in [5.41, 5.74) is 2.33. The van der Waals surface area contributed by atoms with Gasteiger partial charge in [-0.3, -0.25) is 0 Å². The molecule has 0 aliphatic carbocycles. The first-order valence-corrected chi connectivity index (χ1v) is 15.3. The minimum Gasteiger partial charge on any atom is -0.383 e. The Kier molecular flexibility index (Phi) is 8.18. The summed E-state index contributed by atoms with van der Waals surface area (Å²) >= 11 is 4.45. The zero-order valence-electron chi connectivity index (χ0n) is 23.5. The summed E-state index contributed by atoms with van der Waals surface area (Å²) in [4.78, 5) is 24.6. The molecule has 0 atom stereocenters. The van der Waals surface area contributed by atoms with Crippen LogP contribution in [-0.2, 0) is 10.9 Å². The standard InChI is InChI=1S/C31H26BrF3N6O2S/c1-3-36-30(42)38-18-14-17-13-16-7-6-9-21(32)24(16)40-23(17)20(15-18)29-41-28(31(33,34)35)27(44-29)26-25(37-11-12-43-2)19-8-4-5-10-22(19)39-26/h4-10,13-15,37,39H,3,11-12H2,1-2H3,(H2,36,38,42). The van der Waals surface area contributed by atoms with Crippen LogP contribution in [0.3, 0.4) is 0 Å². The van der Waals surface area contributed by atoms with E-state index in [9.17, 15) is 18.0 Å². The van der Waals surface area contributed by atoms with Crippen LogP contribution in [0.4, 0.5) is 29.3 Å². The Morgan fingerprint density at radius 1 is 1.05 bits per heavy atom. The fraction of sp³-hybridized carbons (Fsp3) is 0.194. The highest BCUT2D eigenvalue weighted by atomic mass is 79.9. The number of hydrogen-bond acceptors (Lipinski definition) is 6. The number of rotatable bonds is 8. The van der Waals surface area contributed by atoms with Gasteiger partial charge in [-0.1, -0.05) is 30.3 Å². The van der Waals surface area contributed by atoms with Crippen LogP contribution in [0.5, 0.6) is 0 Å². The number of para-hydroxylation sites is 2. The van der Waals surface area contributed by atoms with Crippen molar-refractivity contribution in [2.75, 3.05) is 37.4 Å². The lowest BCUT2D eigenvalue weighted by Crippen LogP contribution is -2.28. The number of aromatic amines is 1. The first-order valence-electron chi connectivity index (χ1n) is 13.7. The van der Waals surface area contributed by atoms with Crippen LogP contribution < -0.4 is 16.0 Å². The van der Waals surface area contributed by atoms with Crippen LogP contribution in [0.1, 0.15) is 12.6 Å². The van der Waals surface area contributed by atoms with Crippen LogP contribution in [0.25, 0.3) is 53.9 Å². The molecular formula is C31H26BrF3N6O2S. The molecule has 0 fully saturated rings. The second-order valence-electron chi connectivity index (χ2n) is 9.91. The lowest BCUT2D eigenvalue weighted by Gasteiger charge is -2.12. The van der Waals surface area contributed by atoms with E-state index in [-0.39, 0.29) is 15.6 Å². The Morgan fingerprint density at radius 2 is 1.86 bits per heavy atom. The van der Waals surface area contributed by atoms with Crippen molar-refractivity contribution in [1.29, 1.82) is 0 Å². The maximum absolute atomic E-state index is 14.7. The Morgan fingerprint density at radius 3 is 2.64 bits per heavy atom. The van der Waals surface area contributed by atoms with Crippen LogP contribution in [-0.4, -0.2) is 47.8 Å². The van der Waals surface area contributed by atoms with Crippen LogP contribution in [0, 0.1) is 0 Å². The zero-order valence-corrected chi connectivity index (χ0v) is 25.9. The lowest BCUT2D eigenvalue weighted by atomic mass is 10.1. The largest absolute Gasteiger partial charge is 0.434 e. The summed E-state index contributed by atoms with van der Waals surface area (Å²) < 4.78 is 49.9. The molecule has 0 spiro atoms. The van der Waals surface area contributed by atoms with E-state index >= 15 is 0 Å². The first-order chi connectivity index (χ1) is 21.2. The summed E-state index contributed by atoms with van der Waals surface area (Å²) in [6.45, 7) is 2.95. The topological polar surface area (TPSA) is 104 Å². The molecule has 0 bridgehead atoms. The number of anilines is 2. The van der Waals surface area contributed by atoms with Gasteiger partial charge in [0.05, 0.1) is 33.9 Å². The van der Waals surface area contributed by atoms with Crippen molar-refractivity contribution in [1.82, 2.24) is 20.3 Å². The minimum atomic E-state index is -4.75. The quantitative estimate of drug-likeness (QED) is 0.0950.